The van der Waals surface area contributed by atoms with Gasteiger partial charge in [0.15, 0.2) is 0 Å². The molecular weight excluding hydrogens is 901 g/mol. The van der Waals surface area contributed by atoms with Gasteiger partial charge in [0.05, 0.1) is 16.5 Å². The third-order valence-electron chi connectivity index (χ3n) is 15.0. The van der Waals surface area contributed by atoms with Crippen molar-refractivity contribution in [3.05, 3.63) is 263 Å². The molecule has 0 unspecified atom stereocenters. The SMILES string of the molecule is Cc1ccc(N(c2ccc(C(C)(C)C)cc2)c2cc(-c3ccccc3)c3c(c2)C(c2ccccc2)(c2ccccc2)c2cc(N(c4ccc(C(C)(C)C)cc4)c4ccc(C)cn4)c4c(oc5ccccc54)c2-3)nc1. The van der Waals surface area contributed by atoms with Crippen LogP contribution in [-0.2, 0) is 16.2 Å². The van der Waals surface area contributed by atoms with E-state index in [4.69, 9.17) is 14.4 Å². The van der Waals surface area contributed by atoms with Crippen molar-refractivity contribution in [2.75, 3.05) is 9.80 Å². The highest BCUT2D eigenvalue weighted by molar-refractivity contribution is 6.20. The minimum atomic E-state index is -0.862. The van der Waals surface area contributed by atoms with Crippen molar-refractivity contribution in [1.29, 1.82) is 0 Å². The molecule has 0 bridgehead atoms. The quantitative estimate of drug-likeness (QED) is 0.144. The van der Waals surface area contributed by atoms with Crippen LogP contribution in [0.3, 0.4) is 0 Å². The summed E-state index contributed by atoms with van der Waals surface area (Å²) in [6.45, 7) is 17.8. The second-order valence-electron chi connectivity index (χ2n) is 22.0. The molecule has 362 valence electrons. The minimum absolute atomic E-state index is 0.0158. The number of benzene rings is 8. The molecule has 0 saturated carbocycles. The Hall–Kier alpha value is -8.54. The Labute approximate surface area is 435 Å². The highest BCUT2D eigenvalue weighted by Gasteiger charge is 2.50. The third kappa shape index (κ3) is 7.77. The van der Waals surface area contributed by atoms with E-state index >= 15 is 0 Å². The van der Waals surface area contributed by atoms with Gasteiger partial charge in [-0.1, -0.05) is 187 Å². The fraction of sp³-hybridized carbons (Fsp3) is 0.159. The first-order valence-corrected chi connectivity index (χ1v) is 25.8. The summed E-state index contributed by atoms with van der Waals surface area (Å²) < 4.78 is 7.45. The zero-order chi connectivity index (χ0) is 50.9. The molecule has 0 radical (unpaired) electrons. The molecule has 0 aliphatic heterocycles. The number of para-hydroxylation sites is 1. The summed E-state index contributed by atoms with van der Waals surface area (Å²) in [7, 11) is 0. The molecule has 1 aliphatic carbocycles. The van der Waals surface area contributed by atoms with Gasteiger partial charge in [-0.15, -0.1) is 0 Å². The van der Waals surface area contributed by atoms with Gasteiger partial charge in [-0.3, -0.25) is 9.80 Å². The Morgan fingerprint density at radius 1 is 0.446 bits per heavy atom. The van der Waals surface area contributed by atoms with E-state index in [0.717, 1.165) is 112 Å². The van der Waals surface area contributed by atoms with Gasteiger partial charge >= 0.3 is 0 Å². The number of aromatic nitrogens is 2. The lowest BCUT2D eigenvalue weighted by atomic mass is 9.67. The number of furan rings is 1. The molecule has 12 rings (SSSR count). The molecular formula is C69H60N4O. The second kappa shape index (κ2) is 17.9. The Morgan fingerprint density at radius 2 is 0.932 bits per heavy atom. The van der Waals surface area contributed by atoms with Crippen LogP contribution >= 0.6 is 0 Å². The van der Waals surface area contributed by atoms with Crippen LogP contribution in [0.15, 0.2) is 223 Å². The Morgan fingerprint density at radius 3 is 1.46 bits per heavy atom. The highest BCUT2D eigenvalue weighted by Crippen LogP contribution is 2.63. The lowest BCUT2D eigenvalue weighted by molar-refractivity contribution is 0.590. The van der Waals surface area contributed by atoms with Gasteiger partial charge in [0.25, 0.3) is 0 Å². The van der Waals surface area contributed by atoms with E-state index in [1.807, 2.05) is 12.4 Å². The molecule has 11 aromatic rings. The fourth-order valence-corrected chi connectivity index (χ4v) is 11.3. The van der Waals surface area contributed by atoms with Crippen molar-refractivity contribution < 1.29 is 4.42 Å². The topological polar surface area (TPSA) is 45.4 Å². The Kier molecular flexibility index (Phi) is 11.2. The number of rotatable bonds is 9. The van der Waals surface area contributed by atoms with Crippen LogP contribution in [0.25, 0.3) is 44.2 Å². The predicted molar refractivity (Wildman–Crippen MR) is 308 cm³/mol. The van der Waals surface area contributed by atoms with Crippen molar-refractivity contribution >= 4 is 56.3 Å². The number of pyridine rings is 2. The number of anilines is 6. The molecule has 8 aromatic carbocycles. The first kappa shape index (κ1) is 46.5. The van der Waals surface area contributed by atoms with E-state index in [1.165, 1.54) is 11.1 Å². The van der Waals surface area contributed by atoms with Crippen molar-refractivity contribution in [3.63, 3.8) is 0 Å². The van der Waals surface area contributed by atoms with E-state index in [0.29, 0.717) is 0 Å². The second-order valence-corrected chi connectivity index (χ2v) is 22.0. The fourth-order valence-electron chi connectivity index (χ4n) is 11.3. The van der Waals surface area contributed by atoms with E-state index < -0.39 is 5.41 Å². The summed E-state index contributed by atoms with van der Waals surface area (Å²) in [5, 5.41) is 2.06. The summed E-state index contributed by atoms with van der Waals surface area (Å²) in [5.74, 6) is 1.65. The zero-order valence-corrected chi connectivity index (χ0v) is 43.5. The standard InChI is InChI=1S/C69H60N4O/c1-45-28-38-61(70-43-45)72(52-34-30-48(31-35-52)67(3,4)5)54-40-56(47-20-12-9-13-21-47)63-57(41-54)69(50-22-14-10-15-23-50,51-24-16-11-17-25-51)58-42-59(64-55-26-18-19-27-60(55)74-66(64)65(58)63)73(62-39-29-46(2)44-71-62)53-36-32-49(33-37-53)68(6,7)8/h9-44H,1-8H3. The number of fused-ring (bicyclic) bond motifs is 7. The van der Waals surface area contributed by atoms with Gasteiger partial charge in [0, 0.05) is 40.4 Å². The van der Waals surface area contributed by atoms with Crippen LogP contribution in [0, 0.1) is 13.8 Å². The van der Waals surface area contributed by atoms with Gasteiger partial charge in [-0.05, 0) is 147 Å². The lowest BCUT2D eigenvalue weighted by Crippen LogP contribution is -2.29. The average Bonchev–Trinajstić information content (AvgIpc) is 3.96. The maximum absolute atomic E-state index is 7.45. The number of hydrogen-bond acceptors (Lipinski definition) is 5. The van der Waals surface area contributed by atoms with Gasteiger partial charge in [-0.25, -0.2) is 9.97 Å². The molecule has 0 saturated heterocycles. The molecule has 5 nitrogen and oxygen atoms in total. The van der Waals surface area contributed by atoms with Crippen LogP contribution in [0.1, 0.15) is 86.1 Å². The smallest absolute Gasteiger partial charge is 0.145 e. The van der Waals surface area contributed by atoms with Gasteiger partial charge < -0.3 is 4.42 Å². The molecule has 0 fully saturated rings. The Balaban J connectivity index is 1.26. The van der Waals surface area contributed by atoms with Crippen LogP contribution in [0.4, 0.5) is 34.4 Å². The van der Waals surface area contributed by atoms with Crippen molar-refractivity contribution in [3.8, 4) is 22.3 Å². The summed E-state index contributed by atoms with van der Waals surface area (Å²) in [6.07, 6.45) is 3.94. The molecule has 0 spiro atoms. The Bertz CT molecular complexity index is 3790. The van der Waals surface area contributed by atoms with Crippen molar-refractivity contribution in [1.82, 2.24) is 9.97 Å². The molecule has 0 amide bonds. The van der Waals surface area contributed by atoms with Crippen LogP contribution < -0.4 is 9.80 Å². The summed E-state index contributed by atoms with van der Waals surface area (Å²) in [5.41, 5.74) is 18.5. The number of hydrogen-bond donors (Lipinski definition) is 0. The van der Waals surface area contributed by atoms with E-state index in [9.17, 15) is 0 Å². The molecule has 3 heterocycles. The molecule has 5 heteroatoms. The molecule has 3 aromatic heterocycles. The maximum Gasteiger partial charge on any atom is 0.145 e. The van der Waals surface area contributed by atoms with Crippen LogP contribution in [0.5, 0.6) is 0 Å². The van der Waals surface area contributed by atoms with Gasteiger partial charge in [-0.2, -0.15) is 0 Å². The maximum atomic E-state index is 7.45. The largest absolute Gasteiger partial charge is 0.455 e. The lowest BCUT2D eigenvalue weighted by Gasteiger charge is -2.36. The van der Waals surface area contributed by atoms with E-state index in [2.05, 4.69) is 271 Å². The van der Waals surface area contributed by atoms with Gasteiger partial charge in [0.2, 0.25) is 0 Å². The van der Waals surface area contributed by atoms with Crippen LogP contribution in [0.2, 0.25) is 0 Å². The molecule has 1 aliphatic rings. The van der Waals surface area contributed by atoms with E-state index in [1.54, 1.807) is 0 Å². The van der Waals surface area contributed by atoms with Crippen LogP contribution in [-0.4, -0.2) is 9.97 Å². The average molecular weight is 961 g/mol. The van der Waals surface area contributed by atoms with E-state index in [-0.39, 0.29) is 10.8 Å². The molecule has 0 N–H and O–H groups in total. The first-order chi connectivity index (χ1) is 35.8. The predicted octanol–water partition coefficient (Wildman–Crippen LogP) is 18.6. The summed E-state index contributed by atoms with van der Waals surface area (Å²) >= 11 is 0. The first-order valence-electron chi connectivity index (χ1n) is 25.8. The highest BCUT2D eigenvalue weighted by atomic mass is 16.3. The third-order valence-corrected chi connectivity index (χ3v) is 15.0. The number of aryl methyl sites for hydroxylation is 2. The van der Waals surface area contributed by atoms with Gasteiger partial charge in [0.1, 0.15) is 22.8 Å². The van der Waals surface area contributed by atoms with Crippen molar-refractivity contribution in [2.45, 2.75) is 71.6 Å². The van der Waals surface area contributed by atoms with Crippen molar-refractivity contribution in [2.24, 2.45) is 0 Å². The summed E-state index contributed by atoms with van der Waals surface area (Å²) in [6, 6.07) is 75.5. The normalized spacial score (nSPS) is 13.0. The monoisotopic (exact) mass is 960 g/mol. The zero-order valence-electron chi connectivity index (χ0n) is 43.5. The summed E-state index contributed by atoms with van der Waals surface area (Å²) in [4.78, 5) is 15.1. The molecule has 74 heavy (non-hydrogen) atoms. The molecule has 0 atom stereocenters. The number of nitrogens with zero attached hydrogens (tertiary/aromatic N) is 4. The minimum Gasteiger partial charge on any atom is -0.455 e.